The summed E-state index contributed by atoms with van der Waals surface area (Å²) in [6, 6.07) is 4.10. The van der Waals surface area contributed by atoms with E-state index in [1.54, 1.807) is 0 Å². The van der Waals surface area contributed by atoms with Crippen molar-refractivity contribution >= 4 is 5.82 Å². The average molecular weight is 217 g/mol. The second-order valence-electron chi connectivity index (χ2n) is 3.68. The standard InChI is InChI=1S/C13H19N3/c1-4-8-16(9-5-2)13-10-12(11-14-3)6-7-15-13/h1,6-7,10,14H,5,8-9,11H2,2-3H3. The van der Waals surface area contributed by atoms with Gasteiger partial charge in [0.2, 0.25) is 0 Å². The predicted octanol–water partition coefficient (Wildman–Crippen LogP) is 1.65. The van der Waals surface area contributed by atoms with Gasteiger partial charge in [0.25, 0.3) is 0 Å². The summed E-state index contributed by atoms with van der Waals surface area (Å²) in [4.78, 5) is 6.49. The van der Waals surface area contributed by atoms with Gasteiger partial charge in [-0.15, -0.1) is 6.42 Å². The van der Waals surface area contributed by atoms with Crippen LogP contribution in [-0.4, -0.2) is 25.1 Å². The van der Waals surface area contributed by atoms with Gasteiger partial charge in [-0.25, -0.2) is 4.98 Å². The third-order valence-corrected chi connectivity index (χ3v) is 2.29. The van der Waals surface area contributed by atoms with Crippen LogP contribution in [0.5, 0.6) is 0 Å². The molecule has 86 valence electrons. The van der Waals surface area contributed by atoms with Crippen molar-refractivity contribution in [2.75, 3.05) is 25.0 Å². The molecule has 0 bridgehead atoms. The zero-order chi connectivity index (χ0) is 11.8. The van der Waals surface area contributed by atoms with Crippen LogP contribution in [0.4, 0.5) is 5.82 Å². The summed E-state index contributed by atoms with van der Waals surface area (Å²) >= 11 is 0. The molecular formula is C13H19N3. The Morgan fingerprint density at radius 3 is 3.00 bits per heavy atom. The van der Waals surface area contributed by atoms with Crippen molar-refractivity contribution in [3.05, 3.63) is 23.9 Å². The summed E-state index contributed by atoms with van der Waals surface area (Å²) in [5, 5.41) is 3.13. The van der Waals surface area contributed by atoms with E-state index in [0.717, 1.165) is 25.3 Å². The molecule has 3 heteroatoms. The normalized spacial score (nSPS) is 9.81. The molecule has 3 nitrogen and oxygen atoms in total. The summed E-state index contributed by atoms with van der Waals surface area (Å²) in [5.74, 6) is 3.64. The molecule has 1 aromatic rings. The van der Waals surface area contributed by atoms with Gasteiger partial charge in [0.05, 0.1) is 6.54 Å². The monoisotopic (exact) mass is 217 g/mol. The van der Waals surface area contributed by atoms with Gasteiger partial charge in [-0.2, -0.15) is 0 Å². The molecule has 1 aromatic heterocycles. The summed E-state index contributed by atoms with van der Waals surface area (Å²) in [6.45, 7) is 4.55. The lowest BCUT2D eigenvalue weighted by Gasteiger charge is -2.20. The van der Waals surface area contributed by atoms with Crippen LogP contribution in [0.2, 0.25) is 0 Å². The zero-order valence-electron chi connectivity index (χ0n) is 10.0. The highest BCUT2D eigenvalue weighted by Gasteiger charge is 2.05. The van der Waals surface area contributed by atoms with Crippen molar-refractivity contribution in [2.45, 2.75) is 19.9 Å². The molecule has 16 heavy (non-hydrogen) atoms. The number of anilines is 1. The molecule has 0 amide bonds. The van der Waals surface area contributed by atoms with Crippen LogP contribution in [0.15, 0.2) is 18.3 Å². The lowest BCUT2D eigenvalue weighted by molar-refractivity contribution is 0.794. The minimum atomic E-state index is 0.615. The fraction of sp³-hybridized carbons (Fsp3) is 0.462. The van der Waals surface area contributed by atoms with Crippen molar-refractivity contribution in [1.29, 1.82) is 0 Å². The van der Waals surface area contributed by atoms with Crippen LogP contribution in [0, 0.1) is 12.3 Å². The fourth-order valence-corrected chi connectivity index (χ4v) is 1.60. The van der Waals surface area contributed by atoms with Gasteiger partial charge < -0.3 is 10.2 Å². The molecule has 0 saturated carbocycles. The largest absolute Gasteiger partial charge is 0.345 e. The first-order chi connectivity index (χ1) is 7.81. The summed E-state index contributed by atoms with van der Waals surface area (Å²) < 4.78 is 0. The van der Waals surface area contributed by atoms with Crippen LogP contribution < -0.4 is 10.2 Å². The van der Waals surface area contributed by atoms with E-state index in [2.05, 4.69) is 34.1 Å². The van der Waals surface area contributed by atoms with Gasteiger partial charge in [0.15, 0.2) is 0 Å². The Hall–Kier alpha value is -1.53. The minimum absolute atomic E-state index is 0.615. The van der Waals surface area contributed by atoms with Crippen molar-refractivity contribution in [3.63, 3.8) is 0 Å². The molecule has 0 aliphatic rings. The molecule has 0 aliphatic carbocycles. The summed E-state index contributed by atoms with van der Waals surface area (Å²) in [6.07, 6.45) is 8.27. The highest BCUT2D eigenvalue weighted by molar-refractivity contribution is 5.42. The van der Waals surface area contributed by atoms with Crippen molar-refractivity contribution in [3.8, 4) is 12.3 Å². The third kappa shape index (κ3) is 3.56. The molecule has 0 saturated heterocycles. The molecule has 0 fully saturated rings. The Kier molecular flexibility index (Phi) is 5.38. The topological polar surface area (TPSA) is 28.2 Å². The Labute approximate surface area is 97.9 Å². The van der Waals surface area contributed by atoms with Crippen LogP contribution >= 0.6 is 0 Å². The van der Waals surface area contributed by atoms with E-state index in [0.29, 0.717) is 6.54 Å². The maximum Gasteiger partial charge on any atom is 0.129 e. The van der Waals surface area contributed by atoms with Crippen LogP contribution in [-0.2, 0) is 6.54 Å². The number of nitrogens with one attached hydrogen (secondary N) is 1. The lowest BCUT2D eigenvalue weighted by Crippen LogP contribution is -2.25. The van der Waals surface area contributed by atoms with E-state index in [4.69, 9.17) is 6.42 Å². The Morgan fingerprint density at radius 1 is 1.56 bits per heavy atom. The van der Waals surface area contributed by atoms with Gasteiger partial charge in [-0.3, -0.25) is 0 Å². The lowest BCUT2D eigenvalue weighted by atomic mass is 10.2. The molecule has 0 radical (unpaired) electrons. The van der Waals surface area contributed by atoms with Crippen molar-refractivity contribution in [2.24, 2.45) is 0 Å². The SMILES string of the molecule is C#CCN(CCC)c1cc(CNC)ccn1. The van der Waals surface area contributed by atoms with E-state index in [1.807, 2.05) is 19.3 Å². The van der Waals surface area contributed by atoms with Crippen molar-refractivity contribution < 1.29 is 0 Å². The number of hydrogen-bond donors (Lipinski definition) is 1. The number of nitrogens with zero attached hydrogens (tertiary/aromatic N) is 2. The quantitative estimate of drug-likeness (QED) is 0.734. The van der Waals surface area contributed by atoms with E-state index in [1.165, 1.54) is 5.56 Å². The maximum absolute atomic E-state index is 5.36. The number of aromatic nitrogens is 1. The minimum Gasteiger partial charge on any atom is -0.345 e. The van der Waals surface area contributed by atoms with E-state index in [-0.39, 0.29) is 0 Å². The molecule has 0 spiro atoms. The van der Waals surface area contributed by atoms with E-state index >= 15 is 0 Å². The maximum atomic E-state index is 5.36. The smallest absolute Gasteiger partial charge is 0.129 e. The molecule has 0 atom stereocenters. The number of hydrogen-bond acceptors (Lipinski definition) is 3. The summed E-state index contributed by atoms with van der Waals surface area (Å²) in [7, 11) is 1.94. The van der Waals surface area contributed by atoms with Gasteiger partial charge in [0.1, 0.15) is 5.82 Å². The molecular weight excluding hydrogens is 198 g/mol. The number of terminal acetylenes is 1. The van der Waals surface area contributed by atoms with Crippen molar-refractivity contribution in [1.82, 2.24) is 10.3 Å². The van der Waals surface area contributed by atoms with Crippen LogP contribution in [0.1, 0.15) is 18.9 Å². The fourth-order valence-electron chi connectivity index (χ4n) is 1.60. The van der Waals surface area contributed by atoms with E-state index in [9.17, 15) is 0 Å². The van der Waals surface area contributed by atoms with Gasteiger partial charge in [0, 0.05) is 19.3 Å². The zero-order valence-corrected chi connectivity index (χ0v) is 10.0. The highest BCUT2D eigenvalue weighted by Crippen LogP contribution is 2.12. The molecule has 0 aromatic carbocycles. The van der Waals surface area contributed by atoms with Gasteiger partial charge in [-0.1, -0.05) is 12.8 Å². The predicted molar refractivity (Wildman–Crippen MR) is 68.3 cm³/mol. The molecule has 1 heterocycles. The van der Waals surface area contributed by atoms with Crippen LogP contribution in [0.3, 0.4) is 0 Å². The van der Waals surface area contributed by atoms with Gasteiger partial charge in [-0.05, 0) is 31.2 Å². The second-order valence-corrected chi connectivity index (χ2v) is 3.68. The van der Waals surface area contributed by atoms with Crippen LogP contribution in [0.25, 0.3) is 0 Å². The molecule has 0 aliphatic heterocycles. The van der Waals surface area contributed by atoms with Gasteiger partial charge >= 0.3 is 0 Å². The first-order valence-electron chi connectivity index (χ1n) is 5.59. The number of rotatable bonds is 6. The third-order valence-electron chi connectivity index (χ3n) is 2.29. The molecule has 0 unspecified atom stereocenters. The average Bonchev–Trinajstić information content (AvgIpc) is 2.30. The Morgan fingerprint density at radius 2 is 2.38 bits per heavy atom. The highest BCUT2D eigenvalue weighted by atomic mass is 15.2. The first-order valence-corrected chi connectivity index (χ1v) is 5.59. The molecule has 1 N–H and O–H groups in total. The van der Waals surface area contributed by atoms with E-state index < -0.39 is 0 Å². The second kappa shape index (κ2) is 6.86. The Bertz CT molecular complexity index is 354. The Balaban J connectivity index is 2.82. The number of pyridine rings is 1. The summed E-state index contributed by atoms with van der Waals surface area (Å²) in [5.41, 5.74) is 1.23. The molecule has 1 rings (SSSR count). The first kappa shape index (κ1) is 12.5.